The van der Waals surface area contributed by atoms with E-state index in [0.29, 0.717) is 19.4 Å². The van der Waals surface area contributed by atoms with Crippen LogP contribution in [0.25, 0.3) is 10.9 Å². The number of carbonyl (C=O) groups excluding carboxylic acids is 1. The first-order valence-corrected chi connectivity index (χ1v) is 15.3. The maximum absolute atomic E-state index is 13.3. The zero-order valence-electron chi connectivity index (χ0n) is 23.1. The predicted molar refractivity (Wildman–Crippen MR) is 153 cm³/mol. The second-order valence-electron chi connectivity index (χ2n) is 11.2. The summed E-state index contributed by atoms with van der Waals surface area (Å²) in [6.07, 6.45) is 5.27. The number of aliphatic hydroxyl groups excluding tert-OH is 1. The van der Waals surface area contributed by atoms with Crippen molar-refractivity contribution >= 4 is 26.8 Å². The van der Waals surface area contributed by atoms with Gasteiger partial charge in [-0.25, -0.2) is 8.42 Å². The van der Waals surface area contributed by atoms with Gasteiger partial charge < -0.3 is 15.0 Å². The van der Waals surface area contributed by atoms with E-state index in [9.17, 15) is 23.1 Å². The highest BCUT2D eigenvalue weighted by Crippen LogP contribution is 2.36. The summed E-state index contributed by atoms with van der Waals surface area (Å²) < 4.78 is 28.5. The van der Waals surface area contributed by atoms with Gasteiger partial charge in [-0.3, -0.25) is 19.5 Å². The quantitative estimate of drug-likeness (QED) is 0.407. The van der Waals surface area contributed by atoms with Gasteiger partial charge in [-0.05, 0) is 69.2 Å². The first-order valence-electron chi connectivity index (χ1n) is 13.8. The fourth-order valence-corrected chi connectivity index (χ4v) is 7.46. The minimum absolute atomic E-state index is 0.0303. The molecule has 0 saturated carbocycles. The molecular formula is C29H37N5O5S. The van der Waals surface area contributed by atoms with Crippen molar-refractivity contribution < 1.29 is 18.3 Å². The summed E-state index contributed by atoms with van der Waals surface area (Å²) in [5.41, 5.74) is 0.665. The van der Waals surface area contributed by atoms with Crippen molar-refractivity contribution in [2.75, 3.05) is 20.1 Å². The number of piperidine rings is 1. The largest absolute Gasteiger partial charge is 0.390 e. The number of nitrogens with one attached hydrogen (secondary N) is 1. The molecule has 2 aromatic heterocycles. The topological polar surface area (TPSA) is 125 Å². The van der Waals surface area contributed by atoms with Gasteiger partial charge in [0.1, 0.15) is 10.5 Å². The molecule has 5 rings (SSSR count). The Labute approximate surface area is 234 Å². The SMILES string of the molecule is CC(C)n1c(=O)c(C(=O)NC2C[C@H]3CC[C@H](C2)N3CC(O)CN(C)S(=O)(=O)c2cccnc2)cc2ccccc21. The maximum Gasteiger partial charge on any atom is 0.264 e. The molecule has 1 unspecified atom stereocenters. The molecule has 2 bridgehead atoms. The van der Waals surface area contributed by atoms with E-state index in [-0.39, 0.29) is 52.6 Å². The molecule has 11 heteroatoms. The van der Waals surface area contributed by atoms with Crippen LogP contribution in [0.2, 0.25) is 0 Å². The third kappa shape index (κ3) is 5.56. The summed E-state index contributed by atoms with van der Waals surface area (Å²) in [4.78, 5) is 32.8. The molecule has 214 valence electrons. The Bertz CT molecular complexity index is 1530. The van der Waals surface area contributed by atoms with E-state index >= 15 is 0 Å². The second kappa shape index (κ2) is 11.4. The van der Waals surface area contributed by atoms with Crippen molar-refractivity contribution in [1.29, 1.82) is 0 Å². The summed E-state index contributed by atoms with van der Waals surface area (Å²) in [6.45, 7) is 4.19. The van der Waals surface area contributed by atoms with Gasteiger partial charge in [0.15, 0.2) is 0 Å². The number of amides is 1. The number of aliphatic hydroxyl groups is 1. The third-order valence-corrected chi connectivity index (χ3v) is 9.96. The van der Waals surface area contributed by atoms with Crippen LogP contribution in [0.1, 0.15) is 55.9 Å². The normalized spacial score (nSPS) is 22.2. The van der Waals surface area contributed by atoms with E-state index in [1.807, 2.05) is 38.1 Å². The standard InChI is InChI=1S/C29H37N5O5S/c1-19(2)34-27-9-5-4-7-20(27)13-26(29(34)37)28(36)31-21-14-22-10-11-23(15-21)33(22)18-24(35)17-32(3)40(38,39)25-8-6-12-30-16-25/h4-9,12-13,16,19,21-24,35H,10-11,14-15,17-18H2,1-3H3,(H,31,36)/t22-,23-,24?/m1/s1. The van der Waals surface area contributed by atoms with E-state index in [1.165, 1.54) is 25.5 Å². The number of hydrogen-bond donors (Lipinski definition) is 2. The van der Waals surface area contributed by atoms with E-state index in [2.05, 4.69) is 15.2 Å². The molecule has 2 saturated heterocycles. The number of fused-ring (bicyclic) bond motifs is 3. The minimum atomic E-state index is -3.74. The summed E-state index contributed by atoms with van der Waals surface area (Å²) >= 11 is 0. The van der Waals surface area contributed by atoms with Gasteiger partial charge in [-0.15, -0.1) is 0 Å². The lowest BCUT2D eigenvalue weighted by atomic mass is 9.96. The zero-order valence-corrected chi connectivity index (χ0v) is 23.9. The van der Waals surface area contributed by atoms with Gasteiger partial charge in [0.2, 0.25) is 10.0 Å². The minimum Gasteiger partial charge on any atom is -0.390 e. The van der Waals surface area contributed by atoms with Crippen molar-refractivity contribution in [3.05, 3.63) is 70.8 Å². The zero-order chi connectivity index (χ0) is 28.6. The number of hydrogen-bond acceptors (Lipinski definition) is 7. The highest BCUT2D eigenvalue weighted by Gasteiger charge is 2.42. The highest BCUT2D eigenvalue weighted by molar-refractivity contribution is 7.89. The number of pyridine rings is 2. The van der Waals surface area contributed by atoms with Crippen molar-refractivity contribution in [1.82, 2.24) is 24.1 Å². The van der Waals surface area contributed by atoms with Gasteiger partial charge in [0.05, 0.1) is 11.6 Å². The molecule has 0 spiro atoms. The Balaban J connectivity index is 1.23. The number of nitrogens with zero attached hydrogens (tertiary/aromatic N) is 4. The third-order valence-electron chi connectivity index (χ3n) is 8.16. The average molecular weight is 568 g/mol. The maximum atomic E-state index is 13.3. The molecule has 1 aromatic carbocycles. The molecule has 40 heavy (non-hydrogen) atoms. The monoisotopic (exact) mass is 567 g/mol. The first kappa shape index (κ1) is 28.4. The lowest BCUT2D eigenvalue weighted by Gasteiger charge is -2.40. The van der Waals surface area contributed by atoms with Crippen LogP contribution in [0.3, 0.4) is 0 Å². The Morgan fingerprint density at radius 1 is 1.15 bits per heavy atom. The number of benzene rings is 1. The summed E-state index contributed by atoms with van der Waals surface area (Å²) in [7, 11) is -2.28. The Kier molecular flexibility index (Phi) is 8.10. The molecule has 3 aromatic rings. The van der Waals surface area contributed by atoms with Crippen LogP contribution in [0.5, 0.6) is 0 Å². The number of likely N-dealkylation sites (N-methyl/N-ethyl adjacent to an activating group) is 1. The van der Waals surface area contributed by atoms with E-state index in [1.54, 1.807) is 16.7 Å². The van der Waals surface area contributed by atoms with Crippen LogP contribution in [-0.2, 0) is 10.0 Å². The molecule has 2 aliphatic heterocycles. The molecule has 2 fully saturated rings. The molecule has 4 heterocycles. The van der Waals surface area contributed by atoms with Crippen LogP contribution in [0.4, 0.5) is 0 Å². The van der Waals surface area contributed by atoms with Crippen molar-refractivity contribution in [3.8, 4) is 0 Å². The van der Waals surface area contributed by atoms with Gasteiger partial charge in [0.25, 0.3) is 11.5 Å². The molecule has 1 amide bonds. The fourth-order valence-electron chi connectivity index (χ4n) is 6.29. The summed E-state index contributed by atoms with van der Waals surface area (Å²) in [5.74, 6) is -0.356. The fraction of sp³-hybridized carbons (Fsp3) is 0.483. The summed E-state index contributed by atoms with van der Waals surface area (Å²) in [6, 6.07) is 12.5. The van der Waals surface area contributed by atoms with Crippen molar-refractivity contribution in [2.45, 2.75) is 74.7 Å². The summed E-state index contributed by atoms with van der Waals surface area (Å²) in [5, 5.41) is 14.8. The molecular weight excluding hydrogens is 530 g/mol. The van der Waals surface area contributed by atoms with E-state index < -0.39 is 16.1 Å². The Morgan fingerprint density at radius 2 is 1.85 bits per heavy atom. The van der Waals surface area contributed by atoms with Gasteiger partial charge in [-0.1, -0.05) is 18.2 Å². The molecule has 10 nitrogen and oxygen atoms in total. The van der Waals surface area contributed by atoms with Gasteiger partial charge >= 0.3 is 0 Å². The van der Waals surface area contributed by atoms with Gasteiger partial charge in [-0.2, -0.15) is 4.31 Å². The van der Waals surface area contributed by atoms with E-state index in [4.69, 9.17) is 0 Å². The Morgan fingerprint density at radius 3 is 2.50 bits per heavy atom. The molecule has 3 atom stereocenters. The number of rotatable bonds is 9. The van der Waals surface area contributed by atoms with Crippen LogP contribution < -0.4 is 10.9 Å². The highest BCUT2D eigenvalue weighted by atomic mass is 32.2. The Hall–Kier alpha value is -3.12. The first-order chi connectivity index (χ1) is 19.1. The van der Waals surface area contributed by atoms with E-state index in [0.717, 1.165) is 28.0 Å². The number of para-hydroxylation sites is 1. The van der Waals surface area contributed by atoms with Crippen LogP contribution >= 0.6 is 0 Å². The van der Waals surface area contributed by atoms with Gasteiger partial charge in [0, 0.05) is 56.7 Å². The lowest BCUT2D eigenvalue weighted by Crippen LogP contribution is -2.53. The predicted octanol–water partition coefficient (Wildman–Crippen LogP) is 2.38. The van der Waals surface area contributed by atoms with Crippen LogP contribution in [0.15, 0.2) is 64.5 Å². The lowest BCUT2D eigenvalue weighted by molar-refractivity contribution is 0.0448. The van der Waals surface area contributed by atoms with Crippen LogP contribution in [0, 0.1) is 0 Å². The molecule has 0 radical (unpaired) electrons. The second-order valence-corrected chi connectivity index (χ2v) is 13.3. The smallest absolute Gasteiger partial charge is 0.264 e. The average Bonchev–Trinajstić information content (AvgIpc) is 3.14. The molecule has 2 N–H and O–H groups in total. The molecule has 2 aliphatic rings. The number of carbonyl (C=O) groups is 1. The number of aromatic nitrogens is 2. The van der Waals surface area contributed by atoms with Crippen LogP contribution in [-0.4, -0.2) is 82.6 Å². The number of sulfonamides is 1. The molecule has 0 aliphatic carbocycles. The van der Waals surface area contributed by atoms with Crippen molar-refractivity contribution in [3.63, 3.8) is 0 Å². The van der Waals surface area contributed by atoms with Crippen molar-refractivity contribution in [2.24, 2.45) is 0 Å².